The number of anilines is 2. The molecule has 8 heteroatoms. The predicted molar refractivity (Wildman–Crippen MR) is 131 cm³/mol. The lowest BCUT2D eigenvalue weighted by Gasteiger charge is -2.34. The van der Waals surface area contributed by atoms with E-state index in [1.165, 1.54) is 12.1 Å². The molecule has 0 fully saturated rings. The first-order chi connectivity index (χ1) is 16.8. The Labute approximate surface area is 207 Å². The minimum Gasteiger partial charge on any atom is -0.493 e. The summed E-state index contributed by atoms with van der Waals surface area (Å²) in [6.45, 7) is 4.63. The molecule has 1 heterocycles. The molecule has 35 heavy (non-hydrogen) atoms. The smallest absolute Gasteiger partial charge is 0.161 e. The van der Waals surface area contributed by atoms with Gasteiger partial charge in [0.2, 0.25) is 0 Å². The van der Waals surface area contributed by atoms with Gasteiger partial charge in [-0.15, -0.1) is 0 Å². The molecule has 0 bridgehead atoms. The van der Waals surface area contributed by atoms with Crippen molar-refractivity contribution in [3.05, 3.63) is 87.7 Å². The topological polar surface area (TPSA) is 57.1 Å². The SMILES string of the molecule is CCC(CC)COc1cc(Cl)ccc1C1(Cc2ccc(C#N)cc2F)Nc2cc(F)c(F)cc2N1. The van der Waals surface area contributed by atoms with Gasteiger partial charge >= 0.3 is 0 Å². The highest BCUT2D eigenvalue weighted by Crippen LogP contribution is 2.46. The number of fused-ring (bicyclic) bond motifs is 1. The summed E-state index contributed by atoms with van der Waals surface area (Å²) in [6, 6.07) is 13.4. The van der Waals surface area contributed by atoms with Gasteiger partial charge < -0.3 is 15.4 Å². The molecule has 182 valence electrons. The van der Waals surface area contributed by atoms with E-state index in [2.05, 4.69) is 24.5 Å². The summed E-state index contributed by atoms with van der Waals surface area (Å²) in [5.41, 5.74) is 0.566. The van der Waals surface area contributed by atoms with Crippen molar-refractivity contribution in [2.45, 2.75) is 38.8 Å². The van der Waals surface area contributed by atoms with Gasteiger partial charge in [0.05, 0.1) is 29.6 Å². The van der Waals surface area contributed by atoms with Gasteiger partial charge in [0.15, 0.2) is 11.6 Å². The lowest BCUT2D eigenvalue weighted by molar-refractivity contribution is 0.236. The van der Waals surface area contributed by atoms with Crippen molar-refractivity contribution < 1.29 is 17.9 Å². The predicted octanol–water partition coefficient (Wildman–Crippen LogP) is 7.38. The molecule has 4 rings (SSSR count). The maximum Gasteiger partial charge on any atom is 0.161 e. The summed E-state index contributed by atoms with van der Waals surface area (Å²) in [6.07, 6.45) is 1.93. The molecule has 3 aromatic carbocycles. The molecule has 0 aromatic heterocycles. The van der Waals surface area contributed by atoms with E-state index in [9.17, 15) is 13.2 Å². The summed E-state index contributed by atoms with van der Waals surface area (Å²) < 4.78 is 49.3. The maximum atomic E-state index is 15.0. The second-order valence-electron chi connectivity index (χ2n) is 8.70. The second kappa shape index (κ2) is 10.1. The first-order valence-corrected chi connectivity index (χ1v) is 11.8. The van der Waals surface area contributed by atoms with Crippen LogP contribution in [0.15, 0.2) is 48.5 Å². The number of nitrogens with zero attached hydrogens (tertiary/aromatic N) is 1. The zero-order chi connectivity index (χ0) is 25.2. The van der Waals surface area contributed by atoms with Crippen LogP contribution < -0.4 is 15.4 Å². The standard InChI is InChI=1S/C27H25ClF3N3O/c1-3-16(4-2)15-35-26-10-19(28)7-8-20(26)27(13-18-6-5-17(14-32)9-21(18)29)33-24-11-22(30)23(31)12-25(24)34-27/h5-12,16,33-34H,3-4,13,15H2,1-2H3. The largest absolute Gasteiger partial charge is 0.493 e. The summed E-state index contributed by atoms with van der Waals surface area (Å²) in [5.74, 6) is -1.75. The van der Waals surface area contributed by atoms with Gasteiger partial charge in [-0.2, -0.15) is 5.26 Å². The Kier molecular flexibility index (Phi) is 7.13. The Hall–Kier alpha value is -3.37. The number of benzene rings is 3. The van der Waals surface area contributed by atoms with E-state index in [4.69, 9.17) is 21.6 Å². The lowest BCUT2D eigenvalue weighted by atomic mass is 9.90. The molecule has 1 aliphatic heterocycles. The van der Waals surface area contributed by atoms with E-state index < -0.39 is 23.1 Å². The number of hydrogen-bond acceptors (Lipinski definition) is 4. The van der Waals surface area contributed by atoms with Crippen molar-refractivity contribution in [3.63, 3.8) is 0 Å². The van der Waals surface area contributed by atoms with Crippen LogP contribution in [0.5, 0.6) is 5.75 Å². The van der Waals surface area contributed by atoms with E-state index >= 15 is 0 Å². The molecular formula is C27H25ClF3N3O. The number of nitriles is 1. The minimum atomic E-state index is -1.20. The zero-order valence-electron chi connectivity index (χ0n) is 19.4. The summed E-state index contributed by atoms with van der Waals surface area (Å²) in [4.78, 5) is 0. The fourth-order valence-electron chi connectivity index (χ4n) is 4.31. The first-order valence-electron chi connectivity index (χ1n) is 11.4. The van der Waals surface area contributed by atoms with E-state index in [0.717, 1.165) is 31.0 Å². The van der Waals surface area contributed by atoms with Crippen molar-refractivity contribution in [3.8, 4) is 11.8 Å². The van der Waals surface area contributed by atoms with Gasteiger partial charge in [-0.25, -0.2) is 13.2 Å². The van der Waals surface area contributed by atoms with Crippen LogP contribution in [0.1, 0.15) is 43.4 Å². The summed E-state index contributed by atoms with van der Waals surface area (Å²) >= 11 is 6.29. The second-order valence-corrected chi connectivity index (χ2v) is 9.13. The van der Waals surface area contributed by atoms with E-state index in [-0.39, 0.29) is 12.0 Å². The molecule has 2 N–H and O–H groups in total. The highest BCUT2D eigenvalue weighted by atomic mass is 35.5. The normalized spacial score (nSPS) is 13.7. The monoisotopic (exact) mass is 499 g/mol. The van der Waals surface area contributed by atoms with Gasteiger partial charge in [-0.1, -0.05) is 44.4 Å². The lowest BCUT2D eigenvalue weighted by Crippen LogP contribution is -2.41. The van der Waals surface area contributed by atoms with Crippen LogP contribution in [0.4, 0.5) is 24.5 Å². The van der Waals surface area contributed by atoms with Crippen LogP contribution in [0, 0.1) is 34.7 Å². The molecule has 1 aliphatic rings. The fraction of sp³-hybridized carbons (Fsp3) is 0.296. The first kappa shape index (κ1) is 24.7. The Morgan fingerprint density at radius 1 is 0.943 bits per heavy atom. The number of halogens is 4. The maximum absolute atomic E-state index is 15.0. The van der Waals surface area contributed by atoms with Crippen LogP contribution in [-0.4, -0.2) is 6.61 Å². The van der Waals surface area contributed by atoms with Gasteiger partial charge in [-0.3, -0.25) is 0 Å². The van der Waals surface area contributed by atoms with Gasteiger partial charge in [0.1, 0.15) is 17.2 Å². The van der Waals surface area contributed by atoms with E-state index in [0.29, 0.717) is 45.8 Å². The Balaban J connectivity index is 1.81. The average molecular weight is 500 g/mol. The van der Waals surface area contributed by atoms with Crippen LogP contribution in [0.3, 0.4) is 0 Å². The van der Waals surface area contributed by atoms with E-state index in [1.54, 1.807) is 18.2 Å². The summed E-state index contributed by atoms with van der Waals surface area (Å²) in [7, 11) is 0. The van der Waals surface area contributed by atoms with Crippen molar-refractivity contribution in [2.24, 2.45) is 5.92 Å². The van der Waals surface area contributed by atoms with Crippen molar-refractivity contribution in [1.29, 1.82) is 5.26 Å². The van der Waals surface area contributed by atoms with Crippen molar-refractivity contribution in [1.82, 2.24) is 0 Å². The van der Waals surface area contributed by atoms with E-state index in [1.807, 2.05) is 6.07 Å². The number of nitrogens with one attached hydrogen (secondary N) is 2. The average Bonchev–Trinajstić information content (AvgIpc) is 3.18. The molecule has 0 unspecified atom stereocenters. The van der Waals surface area contributed by atoms with Crippen molar-refractivity contribution >= 4 is 23.0 Å². The van der Waals surface area contributed by atoms with Crippen LogP contribution in [-0.2, 0) is 12.1 Å². The third-order valence-corrected chi connectivity index (χ3v) is 6.66. The molecule has 3 aromatic rings. The Morgan fingerprint density at radius 3 is 2.17 bits per heavy atom. The highest BCUT2D eigenvalue weighted by Gasteiger charge is 2.42. The summed E-state index contributed by atoms with van der Waals surface area (Å²) in [5, 5.41) is 16.0. The Morgan fingerprint density at radius 2 is 1.60 bits per heavy atom. The van der Waals surface area contributed by atoms with Crippen LogP contribution in [0.2, 0.25) is 5.02 Å². The molecule has 0 saturated heterocycles. The molecule has 4 nitrogen and oxygen atoms in total. The van der Waals surface area contributed by atoms with Gasteiger partial charge in [0.25, 0.3) is 0 Å². The zero-order valence-corrected chi connectivity index (χ0v) is 20.1. The minimum absolute atomic E-state index is 0.0471. The van der Waals surface area contributed by atoms with Crippen molar-refractivity contribution in [2.75, 3.05) is 17.2 Å². The Bertz CT molecular complexity index is 1260. The molecular weight excluding hydrogens is 475 g/mol. The number of rotatable bonds is 8. The fourth-order valence-corrected chi connectivity index (χ4v) is 4.47. The molecule has 0 aliphatic carbocycles. The van der Waals surface area contributed by atoms with Crippen LogP contribution in [0.25, 0.3) is 0 Å². The molecule has 0 radical (unpaired) electrons. The molecule has 0 saturated carbocycles. The van der Waals surface area contributed by atoms with Gasteiger partial charge in [0, 0.05) is 29.1 Å². The molecule has 0 spiro atoms. The third-order valence-electron chi connectivity index (χ3n) is 6.43. The number of hydrogen-bond donors (Lipinski definition) is 2. The quantitative estimate of drug-likeness (QED) is 0.339. The molecule has 0 atom stereocenters. The third kappa shape index (κ3) is 5.03. The molecule has 0 amide bonds. The van der Waals surface area contributed by atoms with Gasteiger partial charge in [-0.05, 0) is 41.8 Å². The highest BCUT2D eigenvalue weighted by molar-refractivity contribution is 6.30. The number of ether oxygens (including phenoxy) is 1. The van der Waals surface area contributed by atoms with Crippen LogP contribution >= 0.6 is 11.6 Å².